The van der Waals surface area contributed by atoms with Crippen LogP contribution in [0.1, 0.15) is 60.5 Å². The van der Waals surface area contributed by atoms with E-state index in [1.54, 1.807) is 0 Å². The lowest BCUT2D eigenvalue weighted by Gasteiger charge is -2.16. The molecule has 0 radical (unpaired) electrons. The molecule has 1 heteroatoms. The van der Waals surface area contributed by atoms with Gasteiger partial charge in [0.1, 0.15) is 0 Å². The highest BCUT2D eigenvalue weighted by Gasteiger charge is 2.17. The molecule has 0 fully saturated rings. The van der Waals surface area contributed by atoms with E-state index in [9.17, 15) is 4.79 Å². The van der Waals surface area contributed by atoms with Crippen LogP contribution in [0.4, 0.5) is 0 Å². The van der Waals surface area contributed by atoms with Gasteiger partial charge in [0.25, 0.3) is 0 Å². The Morgan fingerprint density at radius 2 is 1.95 bits per heavy atom. The van der Waals surface area contributed by atoms with E-state index in [2.05, 4.69) is 44.2 Å². The molecule has 0 heterocycles. The minimum absolute atomic E-state index is 0.317. The van der Waals surface area contributed by atoms with Crippen molar-refractivity contribution in [3.63, 3.8) is 0 Å². The van der Waals surface area contributed by atoms with Crippen molar-refractivity contribution in [3.8, 4) is 0 Å². The minimum atomic E-state index is 0.317. The van der Waals surface area contributed by atoms with Gasteiger partial charge in [0, 0.05) is 12.0 Å². The Hall–Kier alpha value is -1.63. The van der Waals surface area contributed by atoms with E-state index in [0.29, 0.717) is 18.1 Å². The zero-order chi connectivity index (χ0) is 13.4. The third kappa shape index (κ3) is 2.18. The summed E-state index contributed by atoms with van der Waals surface area (Å²) in [6.07, 6.45) is 3.91. The third-order valence-corrected chi connectivity index (χ3v) is 4.42. The maximum atomic E-state index is 12.0. The average Bonchev–Trinajstić information content (AvgIpc) is 2.44. The van der Waals surface area contributed by atoms with Crippen LogP contribution in [-0.2, 0) is 6.42 Å². The maximum absolute atomic E-state index is 12.0. The Kier molecular flexibility index (Phi) is 3.14. The fourth-order valence-corrected chi connectivity index (χ4v) is 2.95. The van der Waals surface area contributed by atoms with Gasteiger partial charge in [0.2, 0.25) is 0 Å². The van der Waals surface area contributed by atoms with Gasteiger partial charge in [-0.1, -0.05) is 38.1 Å². The molecule has 0 aromatic heterocycles. The van der Waals surface area contributed by atoms with Crippen molar-refractivity contribution in [1.29, 1.82) is 0 Å². The summed E-state index contributed by atoms with van der Waals surface area (Å²) >= 11 is 0. The zero-order valence-corrected chi connectivity index (χ0v) is 11.7. The second-order valence-electron chi connectivity index (χ2n) is 5.70. The number of ketones is 1. The Morgan fingerprint density at radius 3 is 2.74 bits per heavy atom. The van der Waals surface area contributed by atoms with Crippen molar-refractivity contribution in [2.75, 3.05) is 0 Å². The topological polar surface area (TPSA) is 17.1 Å². The first-order valence-electron chi connectivity index (χ1n) is 7.29. The number of carbonyl (C=O) groups is 1. The lowest BCUT2D eigenvalue weighted by Crippen LogP contribution is -2.10. The third-order valence-electron chi connectivity index (χ3n) is 4.42. The molecule has 0 spiro atoms. The summed E-state index contributed by atoms with van der Waals surface area (Å²) < 4.78 is 0. The normalized spacial score (nSPS) is 16.4. The molecule has 98 valence electrons. The summed E-state index contributed by atoms with van der Waals surface area (Å²) in [5.74, 6) is 0.897. The molecule has 0 saturated carbocycles. The van der Waals surface area contributed by atoms with Crippen LogP contribution in [0.25, 0.3) is 10.8 Å². The van der Waals surface area contributed by atoms with Crippen LogP contribution in [-0.4, -0.2) is 5.78 Å². The summed E-state index contributed by atoms with van der Waals surface area (Å²) in [5.41, 5.74) is 3.57. The molecule has 1 aliphatic rings. The zero-order valence-electron chi connectivity index (χ0n) is 11.7. The number of Topliss-reactive ketones (excluding diaryl/α,β-unsaturated/α-hetero) is 1. The van der Waals surface area contributed by atoms with Crippen molar-refractivity contribution < 1.29 is 4.79 Å². The second kappa shape index (κ2) is 4.80. The fourth-order valence-electron chi connectivity index (χ4n) is 2.95. The fraction of sp³-hybridized carbons (Fsp3) is 0.389. The lowest BCUT2D eigenvalue weighted by molar-refractivity contribution is 0.0972. The SMILES string of the molecule is CCC(C)c1ccc2cc3c(cc2c1)C(=O)CCC3. The molecule has 0 aliphatic heterocycles. The molecule has 2 aromatic rings. The number of hydrogen-bond acceptors (Lipinski definition) is 1. The van der Waals surface area contributed by atoms with Crippen molar-refractivity contribution in [3.05, 3.63) is 47.0 Å². The highest BCUT2D eigenvalue weighted by molar-refractivity contribution is 6.02. The Balaban J connectivity index is 2.15. The van der Waals surface area contributed by atoms with Gasteiger partial charge in [-0.15, -0.1) is 0 Å². The summed E-state index contributed by atoms with van der Waals surface area (Å²) in [6, 6.07) is 11.0. The van der Waals surface area contributed by atoms with Gasteiger partial charge in [-0.2, -0.15) is 0 Å². The highest BCUT2D eigenvalue weighted by atomic mass is 16.1. The Bertz CT molecular complexity index is 639. The van der Waals surface area contributed by atoms with Crippen molar-refractivity contribution in [1.82, 2.24) is 0 Å². The minimum Gasteiger partial charge on any atom is -0.294 e. The predicted octanol–water partition coefficient (Wildman–Crippen LogP) is 4.87. The quantitative estimate of drug-likeness (QED) is 0.745. The van der Waals surface area contributed by atoms with E-state index in [1.807, 2.05) is 0 Å². The number of rotatable bonds is 2. The van der Waals surface area contributed by atoms with Crippen molar-refractivity contribution in [2.24, 2.45) is 0 Å². The monoisotopic (exact) mass is 252 g/mol. The molecule has 1 atom stereocenters. The molecule has 1 aliphatic carbocycles. The molecule has 0 amide bonds. The van der Waals surface area contributed by atoms with Crippen LogP contribution in [0.15, 0.2) is 30.3 Å². The molecular formula is C18H20O. The van der Waals surface area contributed by atoms with Crippen LogP contribution >= 0.6 is 0 Å². The van der Waals surface area contributed by atoms with Gasteiger partial charge >= 0.3 is 0 Å². The highest BCUT2D eigenvalue weighted by Crippen LogP contribution is 2.29. The van der Waals surface area contributed by atoms with Crippen LogP contribution in [0.5, 0.6) is 0 Å². The molecule has 1 nitrogen and oxygen atoms in total. The molecule has 1 unspecified atom stereocenters. The van der Waals surface area contributed by atoms with Gasteiger partial charge in [-0.25, -0.2) is 0 Å². The van der Waals surface area contributed by atoms with Crippen molar-refractivity contribution >= 4 is 16.6 Å². The van der Waals surface area contributed by atoms with E-state index in [1.165, 1.54) is 21.9 Å². The number of benzene rings is 2. The predicted molar refractivity (Wildman–Crippen MR) is 79.9 cm³/mol. The standard InChI is InChI=1S/C18H20O/c1-3-12(2)13-7-8-14-10-15-5-4-6-18(19)17(15)11-16(14)9-13/h7-12H,3-6H2,1-2H3. The Morgan fingerprint density at radius 1 is 1.11 bits per heavy atom. The largest absolute Gasteiger partial charge is 0.294 e. The first-order chi connectivity index (χ1) is 9.19. The van der Waals surface area contributed by atoms with E-state index in [4.69, 9.17) is 0 Å². The molecule has 2 aromatic carbocycles. The number of hydrogen-bond donors (Lipinski definition) is 0. The molecule has 0 N–H and O–H groups in total. The van der Waals surface area contributed by atoms with Gasteiger partial charge in [0.15, 0.2) is 5.78 Å². The first-order valence-corrected chi connectivity index (χ1v) is 7.29. The van der Waals surface area contributed by atoms with E-state index in [0.717, 1.165) is 24.8 Å². The Labute approximate surface area is 114 Å². The van der Waals surface area contributed by atoms with E-state index >= 15 is 0 Å². The van der Waals surface area contributed by atoms with Gasteiger partial charge in [-0.3, -0.25) is 4.79 Å². The molecule has 0 saturated heterocycles. The second-order valence-corrected chi connectivity index (χ2v) is 5.70. The van der Waals surface area contributed by atoms with Crippen molar-refractivity contribution in [2.45, 2.75) is 45.4 Å². The summed E-state index contributed by atoms with van der Waals surface area (Å²) in [5, 5.41) is 2.48. The summed E-state index contributed by atoms with van der Waals surface area (Å²) in [4.78, 5) is 12.0. The lowest BCUT2D eigenvalue weighted by atomic mass is 9.87. The summed E-state index contributed by atoms with van der Waals surface area (Å²) in [7, 11) is 0. The molecule has 0 bridgehead atoms. The average molecular weight is 252 g/mol. The smallest absolute Gasteiger partial charge is 0.163 e. The number of fused-ring (bicyclic) bond motifs is 2. The summed E-state index contributed by atoms with van der Waals surface area (Å²) in [6.45, 7) is 4.47. The van der Waals surface area contributed by atoms with Crippen LogP contribution in [0.2, 0.25) is 0 Å². The van der Waals surface area contributed by atoms with Gasteiger partial charge < -0.3 is 0 Å². The van der Waals surface area contributed by atoms with Crippen LogP contribution in [0.3, 0.4) is 0 Å². The number of carbonyl (C=O) groups excluding carboxylic acids is 1. The van der Waals surface area contributed by atoms with E-state index < -0.39 is 0 Å². The molecular weight excluding hydrogens is 232 g/mol. The molecule has 3 rings (SSSR count). The van der Waals surface area contributed by atoms with Crippen LogP contribution in [0, 0.1) is 0 Å². The van der Waals surface area contributed by atoms with Gasteiger partial charge in [-0.05, 0) is 53.1 Å². The molecule has 19 heavy (non-hydrogen) atoms. The first kappa shape index (κ1) is 12.4. The van der Waals surface area contributed by atoms with E-state index in [-0.39, 0.29) is 0 Å². The number of aryl methyl sites for hydroxylation is 1. The van der Waals surface area contributed by atoms with Crippen LogP contribution < -0.4 is 0 Å². The van der Waals surface area contributed by atoms with Gasteiger partial charge in [0.05, 0.1) is 0 Å². The maximum Gasteiger partial charge on any atom is 0.163 e.